The second-order valence-electron chi connectivity index (χ2n) is 1.47. The van der Waals surface area contributed by atoms with Crippen molar-refractivity contribution in [3.63, 3.8) is 0 Å². The van der Waals surface area contributed by atoms with Crippen molar-refractivity contribution in [2.75, 3.05) is 0 Å². The second kappa shape index (κ2) is 2.72. The zero-order valence-electron chi connectivity index (χ0n) is 4.63. The van der Waals surface area contributed by atoms with Gasteiger partial charge in [0.05, 0.1) is 0 Å². The van der Waals surface area contributed by atoms with Crippen molar-refractivity contribution in [1.82, 2.24) is 16.1 Å². The number of hydrogen-bond acceptors (Lipinski definition) is 4. The Morgan fingerprint density at radius 3 is 3.00 bits per heavy atom. The highest BCUT2D eigenvalue weighted by Crippen LogP contribution is 2.01. The Hall–Kier alpha value is -0.710. The van der Waals surface area contributed by atoms with Crippen LogP contribution in [0.15, 0.2) is 23.5 Å². The van der Waals surface area contributed by atoms with Gasteiger partial charge < -0.3 is 0 Å². The van der Waals surface area contributed by atoms with Gasteiger partial charge in [-0.05, 0) is 12.2 Å². The van der Waals surface area contributed by atoms with Crippen molar-refractivity contribution in [2.45, 2.75) is 0 Å². The number of nitrogens with two attached hydrogens (primary N) is 1. The maximum absolute atomic E-state index is 5.55. The first-order valence-corrected chi connectivity index (χ1v) is 2.77. The predicted molar refractivity (Wildman–Crippen MR) is 35.4 cm³/mol. The van der Waals surface area contributed by atoms with Gasteiger partial charge in [-0.15, -0.1) is 0 Å². The Morgan fingerprint density at radius 2 is 2.56 bits per heavy atom. The van der Waals surface area contributed by atoms with Crippen LogP contribution in [0.4, 0.5) is 0 Å². The molecule has 5 heteroatoms. The molecule has 1 rings (SSSR count). The van der Waals surface area contributed by atoms with Crippen LogP contribution in [0.5, 0.6) is 0 Å². The second-order valence-corrected chi connectivity index (χ2v) is 1.87. The van der Waals surface area contributed by atoms with E-state index in [2.05, 4.69) is 11.0 Å². The van der Waals surface area contributed by atoms with E-state index in [1.54, 1.807) is 18.4 Å². The highest BCUT2D eigenvalue weighted by molar-refractivity contribution is 6.29. The lowest BCUT2D eigenvalue weighted by Crippen LogP contribution is -2.47. The summed E-state index contributed by atoms with van der Waals surface area (Å²) in [7, 11) is 0. The van der Waals surface area contributed by atoms with Gasteiger partial charge in [0.25, 0.3) is 0 Å². The standard InChI is InChI=1S/C4H7ClN4/c5-4-2-1-3-9(7-4)8-6/h1-3,7-8H,6H2. The van der Waals surface area contributed by atoms with Gasteiger partial charge in [-0.3, -0.25) is 11.3 Å². The summed E-state index contributed by atoms with van der Waals surface area (Å²) in [6.45, 7) is 0. The monoisotopic (exact) mass is 146 g/mol. The van der Waals surface area contributed by atoms with Crippen molar-refractivity contribution >= 4 is 11.6 Å². The molecule has 0 unspecified atom stereocenters. The van der Waals surface area contributed by atoms with Gasteiger partial charge in [-0.25, -0.2) is 5.12 Å². The van der Waals surface area contributed by atoms with Crippen molar-refractivity contribution in [3.8, 4) is 0 Å². The highest BCUT2D eigenvalue weighted by atomic mass is 35.5. The van der Waals surface area contributed by atoms with E-state index < -0.39 is 0 Å². The third kappa shape index (κ3) is 1.60. The zero-order chi connectivity index (χ0) is 6.69. The summed E-state index contributed by atoms with van der Waals surface area (Å²) in [4.78, 5) is 0. The maximum Gasteiger partial charge on any atom is 0.122 e. The van der Waals surface area contributed by atoms with Gasteiger partial charge in [-0.1, -0.05) is 11.6 Å². The summed E-state index contributed by atoms with van der Waals surface area (Å²) in [5.41, 5.74) is 5.05. The van der Waals surface area contributed by atoms with E-state index in [-0.39, 0.29) is 0 Å². The fourth-order valence-corrected chi connectivity index (χ4v) is 0.642. The van der Waals surface area contributed by atoms with Crippen LogP contribution in [-0.2, 0) is 0 Å². The maximum atomic E-state index is 5.55. The molecule has 9 heavy (non-hydrogen) atoms. The Morgan fingerprint density at radius 1 is 1.78 bits per heavy atom. The van der Waals surface area contributed by atoms with E-state index in [1.165, 1.54) is 5.12 Å². The third-order valence-electron chi connectivity index (χ3n) is 0.844. The molecule has 0 bridgehead atoms. The lowest BCUT2D eigenvalue weighted by atomic mass is 10.5. The van der Waals surface area contributed by atoms with E-state index in [4.69, 9.17) is 17.4 Å². The molecule has 1 heterocycles. The lowest BCUT2D eigenvalue weighted by molar-refractivity contribution is 0.216. The molecule has 0 aromatic heterocycles. The van der Waals surface area contributed by atoms with Crippen LogP contribution in [0.25, 0.3) is 0 Å². The molecule has 0 amide bonds. The number of nitrogens with one attached hydrogen (secondary N) is 2. The molecule has 50 valence electrons. The van der Waals surface area contributed by atoms with Crippen LogP contribution < -0.4 is 16.8 Å². The van der Waals surface area contributed by atoms with Crippen molar-refractivity contribution in [2.24, 2.45) is 5.84 Å². The number of allylic oxidation sites excluding steroid dienone is 2. The van der Waals surface area contributed by atoms with E-state index in [1.807, 2.05) is 0 Å². The first-order valence-electron chi connectivity index (χ1n) is 2.39. The molecular formula is C4H7ClN4. The Kier molecular flexibility index (Phi) is 1.94. The summed E-state index contributed by atoms with van der Waals surface area (Å²) >= 11 is 5.55. The Balaban J connectivity index is 2.51. The molecule has 1 aliphatic rings. The molecule has 0 aromatic rings. The zero-order valence-corrected chi connectivity index (χ0v) is 5.39. The molecule has 0 atom stereocenters. The van der Waals surface area contributed by atoms with Crippen LogP contribution in [0.2, 0.25) is 0 Å². The molecule has 1 aliphatic heterocycles. The van der Waals surface area contributed by atoms with Gasteiger partial charge in [-0.2, -0.15) is 5.53 Å². The molecule has 4 nitrogen and oxygen atoms in total. The minimum Gasteiger partial charge on any atom is -0.272 e. The number of hydrazine groups is 3. The minimum absolute atomic E-state index is 0.524. The van der Waals surface area contributed by atoms with E-state index in [0.29, 0.717) is 5.16 Å². The third-order valence-corrected chi connectivity index (χ3v) is 1.05. The van der Waals surface area contributed by atoms with Crippen molar-refractivity contribution < 1.29 is 0 Å². The van der Waals surface area contributed by atoms with E-state index in [0.717, 1.165) is 0 Å². The average molecular weight is 147 g/mol. The number of nitrogens with zero attached hydrogens (tertiary/aromatic N) is 1. The van der Waals surface area contributed by atoms with Crippen molar-refractivity contribution in [3.05, 3.63) is 23.5 Å². The molecule has 0 saturated heterocycles. The minimum atomic E-state index is 0.524. The Bertz CT molecular complexity index is 153. The summed E-state index contributed by atoms with van der Waals surface area (Å²) in [5, 5.41) is 1.96. The van der Waals surface area contributed by atoms with Crippen LogP contribution >= 0.6 is 11.6 Å². The van der Waals surface area contributed by atoms with Crippen LogP contribution in [0.1, 0.15) is 0 Å². The molecule has 0 saturated carbocycles. The molecule has 0 aliphatic carbocycles. The smallest absolute Gasteiger partial charge is 0.122 e. The highest BCUT2D eigenvalue weighted by Gasteiger charge is 1.98. The normalized spacial score (nSPS) is 17.1. The van der Waals surface area contributed by atoms with Gasteiger partial charge >= 0.3 is 0 Å². The van der Waals surface area contributed by atoms with Crippen LogP contribution in [0, 0.1) is 0 Å². The number of halogens is 1. The fourth-order valence-electron chi connectivity index (χ4n) is 0.478. The fraction of sp³-hybridized carbons (Fsp3) is 0. The van der Waals surface area contributed by atoms with Crippen molar-refractivity contribution in [1.29, 1.82) is 0 Å². The van der Waals surface area contributed by atoms with Gasteiger partial charge in [0.2, 0.25) is 0 Å². The molecule has 4 N–H and O–H groups in total. The summed E-state index contributed by atoms with van der Waals surface area (Å²) in [6.07, 6.45) is 5.18. The summed E-state index contributed by atoms with van der Waals surface area (Å²) in [5.74, 6) is 5.04. The topological polar surface area (TPSA) is 53.3 Å². The van der Waals surface area contributed by atoms with Gasteiger partial charge in [0.15, 0.2) is 0 Å². The number of hydrogen-bond donors (Lipinski definition) is 3. The SMILES string of the molecule is NNN1C=CC=C(Cl)N1. The van der Waals surface area contributed by atoms with Crippen LogP contribution in [-0.4, -0.2) is 5.12 Å². The molecule has 0 aromatic carbocycles. The van der Waals surface area contributed by atoms with Gasteiger partial charge in [0.1, 0.15) is 5.16 Å². The first-order chi connectivity index (χ1) is 4.33. The number of rotatable bonds is 1. The molecule has 0 radical (unpaired) electrons. The average Bonchev–Trinajstić information content (AvgIpc) is 1.88. The molecule has 0 fully saturated rings. The first kappa shape index (κ1) is 6.41. The largest absolute Gasteiger partial charge is 0.272 e. The molecule has 0 spiro atoms. The summed E-state index contributed by atoms with van der Waals surface area (Å²) in [6, 6.07) is 0. The predicted octanol–water partition coefficient (Wildman–Crippen LogP) is -0.221. The van der Waals surface area contributed by atoms with E-state index >= 15 is 0 Å². The molecular weight excluding hydrogens is 140 g/mol. The van der Waals surface area contributed by atoms with Gasteiger partial charge in [0, 0.05) is 6.20 Å². The quantitative estimate of drug-likeness (QED) is 0.272. The van der Waals surface area contributed by atoms with E-state index in [9.17, 15) is 0 Å². The lowest BCUT2D eigenvalue weighted by Gasteiger charge is -2.21. The Labute approximate surface area is 57.9 Å². The summed E-state index contributed by atoms with van der Waals surface area (Å²) < 4.78 is 0. The van der Waals surface area contributed by atoms with Crippen LogP contribution in [0.3, 0.4) is 0 Å².